The van der Waals surface area contributed by atoms with Crippen molar-refractivity contribution < 1.29 is 32.9 Å². The second-order valence-corrected chi connectivity index (χ2v) is 10.1. The number of hydrogen-bond acceptors (Lipinski definition) is 7. The van der Waals surface area contributed by atoms with Gasteiger partial charge < -0.3 is 24.2 Å². The van der Waals surface area contributed by atoms with Crippen LogP contribution in [-0.2, 0) is 0 Å². The summed E-state index contributed by atoms with van der Waals surface area (Å²) in [6.45, 7) is 0.250. The third-order valence-electron chi connectivity index (χ3n) is 7.24. The molecule has 2 aromatic heterocycles. The summed E-state index contributed by atoms with van der Waals surface area (Å²) < 4.78 is 44.7. The summed E-state index contributed by atoms with van der Waals surface area (Å²) in [5.41, 5.74) is 1.85. The topological polar surface area (TPSA) is 85.5 Å². The first kappa shape index (κ1) is 26.4. The van der Waals surface area contributed by atoms with Crippen molar-refractivity contribution in [2.45, 2.75) is 38.7 Å². The van der Waals surface area contributed by atoms with Gasteiger partial charge in [0.25, 0.3) is 0 Å². The predicted octanol–water partition coefficient (Wildman–Crippen LogP) is 4.68. The van der Waals surface area contributed by atoms with Crippen molar-refractivity contribution in [2.24, 2.45) is 11.8 Å². The Kier molecular flexibility index (Phi) is 8.09. The minimum Gasteiger partial charge on any atom is -0.496 e. The van der Waals surface area contributed by atoms with Crippen molar-refractivity contribution >= 4 is 11.4 Å². The summed E-state index contributed by atoms with van der Waals surface area (Å²) >= 11 is 0. The Hall–Kier alpha value is -3.24. The lowest BCUT2D eigenvalue weighted by Gasteiger charge is -2.32. The zero-order chi connectivity index (χ0) is 26.6. The molecule has 1 saturated heterocycles. The molecule has 3 aromatic rings. The van der Waals surface area contributed by atoms with Gasteiger partial charge in [-0.3, -0.25) is 9.20 Å². The second kappa shape index (κ2) is 11.7. The molecule has 2 aliphatic rings. The number of benzene rings is 1. The van der Waals surface area contributed by atoms with E-state index in [-0.39, 0.29) is 35.9 Å². The highest BCUT2D eigenvalue weighted by molar-refractivity contribution is 6.02. The molecule has 1 N–H and O–H groups in total. The standard InChI is InChI=1S/C28H33F2N3O5/c1-36-24-12-20(13-25(38-28(29)30)27(24)23(35)11-18-4-5-18)22-15-31-26-14-21(6-8-33(22)26)37-17-19-3-2-7-32(16-19)9-10-34/h6,8,12-15,18-19,28,34H,2-5,7,9-11,16-17H2,1H3/t19-/m1/s1. The molecule has 1 aromatic carbocycles. The number of methoxy groups -OCH3 is 1. The molecule has 1 atom stereocenters. The molecule has 2 fully saturated rings. The number of imidazole rings is 1. The summed E-state index contributed by atoms with van der Waals surface area (Å²) in [7, 11) is 1.41. The number of carbonyl (C=O) groups excluding carboxylic acids is 1. The summed E-state index contributed by atoms with van der Waals surface area (Å²) in [4.78, 5) is 19.6. The number of carbonyl (C=O) groups is 1. The number of hydrogen-bond donors (Lipinski definition) is 1. The first-order valence-electron chi connectivity index (χ1n) is 13.1. The third kappa shape index (κ3) is 6.07. The van der Waals surface area contributed by atoms with Crippen LogP contribution < -0.4 is 14.2 Å². The molecule has 38 heavy (non-hydrogen) atoms. The Morgan fingerprint density at radius 1 is 1.18 bits per heavy atom. The molecular formula is C28H33F2N3O5. The van der Waals surface area contributed by atoms with Gasteiger partial charge in [0.2, 0.25) is 0 Å². The first-order valence-corrected chi connectivity index (χ1v) is 13.1. The predicted molar refractivity (Wildman–Crippen MR) is 137 cm³/mol. The van der Waals surface area contributed by atoms with Crippen LogP contribution in [0.25, 0.3) is 16.9 Å². The van der Waals surface area contributed by atoms with Crippen molar-refractivity contribution in [1.82, 2.24) is 14.3 Å². The molecule has 0 bridgehead atoms. The highest BCUT2D eigenvalue weighted by Crippen LogP contribution is 2.40. The summed E-state index contributed by atoms with van der Waals surface area (Å²) in [5, 5.41) is 9.21. The molecule has 0 radical (unpaired) electrons. The number of Topliss-reactive ketones (excluding diaryl/α,β-unsaturated/α-hetero) is 1. The van der Waals surface area contributed by atoms with E-state index in [0.717, 1.165) is 38.8 Å². The number of aliphatic hydroxyl groups is 1. The summed E-state index contributed by atoms with van der Waals surface area (Å²) in [6, 6.07) is 6.78. The molecule has 0 spiro atoms. The van der Waals surface area contributed by atoms with Crippen molar-refractivity contribution in [2.75, 3.05) is 40.0 Å². The fraction of sp³-hybridized carbons (Fsp3) is 0.500. The van der Waals surface area contributed by atoms with E-state index in [1.165, 1.54) is 13.2 Å². The fourth-order valence-electron chi connectivity index (χ4n) is 5.16. The van der Waals surface area contributed by atoms with Gasteiger partial charge in [-0.25, -0.2) is 4.98 Å². The molecule has 1 aliphatic carbocycles. The lowest BCUT2D eigenvalue weighted by Crippen LogP contribution is -2.39. The molecule has 1 aliphatic heterocycles. The van der Waals surface area contributed by atoms with Gasteiger partial charge in [0.1, 0.15) is 28.5 Å². The first-order chi connectivity index (χ1) is 18.4. The van der Waals surface area contributed by atoms with Crippen LogP contribution >= 0.6 is 0 Å². The molecule has 3 heterocycles. The van der Waals surface area contributed by atoms with E-state index >= 15 is 0 Å². The van der Waals surface area contributed by atoms with Crippen molar-refractivity contribution in [1.29, 1.82) is 0 Å². The van der Waals surface area contributed by atoms with E-state index in [2.05, 4.69) is 9.88 Å². The van der Waals surface area contributed by atoms with Gasteiger partial charge >= 0.3 is 6.61 Å². The maximum Gasteiger partial charge on any atom is 0.387 e. The van der Waals surface area contributed by atoms with Crippen LogP contribution in [0.2, 0.25) is 0 Å². The van der Waals surface area contributed by atoms with Gasteiger partial charge in [-0.2, -0.15) is 8.78 Å². The number of alkyl halides is 2. The molecule has 1 saturated carbocycles. The second-order valence-electron chi connectivity index (χ2n) is 10.1. The van der Waals surface area contributed by atoms with Gasteiger partial charge in [0.15, 0.2) is 5.78 Å². The summed E-state index contributed by atoms with van der Waals surface area (Å²) in [5.74, 6) is 1.11. The number of likely N-dealkylation sites (tertiary alicyclic amines) is 1. The van der Waals surface area contributed by atoms with Crippen LogP contribution in [0.3, 0.4) is 0 Å². The number of aliphatic hydroxyl groups excluding tert-OH is 1. The number of aromatic nitrogens is 2. The Balaban J connectivity index is 1.38. The van der Waals surface area contributed by atoms with Crippen LogP contribution in [-0.4, -0.2) is 71.7 Å². The van der Waals surface area contributed by atoms with Crippen LogP contribution in [0.4, 0.5) is 8.78 Å². The molecule has 5 rings (SSSR count). The number of halogens is 2. The number of pyridine rings is 1. The average Bonchev–Trinajstić information content (AvgIpc) is 3.62. The Morgan fingerprint density at radius 2 is 2.00 bits per heavy atom. The monoisotopic (exact) mass is 529 g/mol. The highest BCUT2D eigenvalue weighted by Gasteiger charge is 2.30. The van der Waals surface area contributed by atoms with Crippen molar-refractivity contribution in [3.05, 3.63) is 42.2 Å². The molecule has 10 heteroatoms. The normalized spacial score (nSPS) is 18.2. The number of β-amino-alcohol motifs (C(OH)–C–C–N with tert-alkyl or cyclic N) is 1. The van der Waals surface area contributed by atoms with E-state index in [0.29, 0.717) is 47.6 Å². The van der Waals surface area contributed by atoms with Gasteiger partial charge in [-0.1, -0.05) is 0 Å². The van der Waals surface area contributed by atoms with Crippen LogP contribution in [0.1, 0.15) is 42.5 Å². The quantitative estimate of drug-likeness (QED) is 0.341. The lowest BCUT2D eigenvalue weighted by molar-refractivity contribution is -0.0502. The maximum absolute atomic E-state index is 13.3. The van der Waals surface area contributed by atoms with Crippen LogP contribution in [0.5, 0.6) is 17.2 Å². The van der Waals surface area contributed by atoms with E-state index < -0.39 is 6.61 Å². The van der Waals surface area contributed by atoms with Crippen molar-refractivity contribution in [3.63, 3.8) is 0 Å². The third-order valence-corrected chi connectivity index (χ3v) is 7.24. The maximum atomic E-state index is 13.3. The van der Waals surface area contributed by atoms with E-state index in [9.17, 15) is 18.7 Å². The van der Waals surface area contributed by atoms with Gasteiger partial charge in [0.05, 0.1) is 32.2 Å². The summed E-state index contributed by atoms with van der Waals surface area (Å²) in [6.07, 6.45) is 7.84. The molecule has 8 nitrogen and oxygen atoms in total. The van der Waals surface area contributed by atoms with Gasteiger partial charge in [-0.15, -0.1) is 0 Å². The van der Waals surface area contributed by atoms with E-state index in [1.54, 1.807) is 12.3 Å². The minimum atomic E-state index is -3.08. The molecule has 0 amide bonds. The van der Waals surface area contributed by atoms with E-state index in [1.807, 2.05) is 22.7 Å². The molecular weight excluding hydrogens is 496 g/mol. The molecule has 0 unspecified atom stereocenters. The molecule has 204 valence electrons. The fourth-order valence-corrected chi connectivity index (χ4v) is 5.16. The Labute approximate surface area is 220 Å². The smallest absolute Gasteiger partial charge is 0.387 e. The average molecular weight is 530 g/mol. The largest absolute Gasteiger partial charge is 0.496 e. The number of fused-ring (bicyclic) bond motifs is 1. The number of ether oxygens (including phenoxy) is 3. The number of rotatable bonds is 12. The van der Waals surface area contributed by atoms with Gasteiger partial charge in [0, 0.05) is 43.3 Å². The zero-order valence-corrected chi connectivity index (χ0v) is 21.4. The number of ketones is 1. The number of piperidine rings is 1. The SMILES string of the molecule is COc1cc(-c2cnc3cc(OC[C@@H]4CCCN(CCO)C4)ccn23)cc(OC(F)F)c1C(=O)CC1CC1. The zero-order valence-electron chi connectivity index (χ0n) is 21.4. The van der Waals surface area contributed by atoms with Crippen molar-refractivity contribution in [3.8, 4) is 28.5 Å². The minimum absolute atomic E-state index is 0.0493. The number of nitrogens with zero attached hydrogens (tertiary/aromatic N) is 3. The Bertz CT molecular complexity index is 1270. The van der Waals surface area contributed by atoms with Crippen LogP contribution in [0, 0.1) is 11.8 Å². The lowest BCUT2D eigenvalue weighted by atomic mass is 9.99. The van der Waals surface area contributed by atoms with Gasteiger partial charge in [-0.05, 0) is 56.3 Å². The Morgan fingerprint density at radius 3 is 2.74 bits per heavy atom. The van der Waals surface area contributed by atoms with Crippen LogP contribution in [0.15, 0.2) is 36.7 Å². The highest BCUT2D eigenvalue weighted by atomic mass is 19.3. The van der Waals surface area contributed by atoms with E-state index in [4.69, 9.17) is 14.2 Å².